The minimum Gasteiger partial charge on any atom is -0.642 e. The molecule has 1 aromatic carbocycles. The molecule has 0 spiro atoms. The van der Waals surface area contributed by atoms with Crippen LogP contribution in [0.3, 0.4) is 0 Å². The van der Waals surface area contributed by atoms with Crippen molar-refractivity contribution >= 4 is 29.0 Å². The second kappa shape index (κ2) is 16.4. The zero-order valence-corrected chi connectivity index (χ0v) is 25.9. The van der Waals surface area contributed by atoms with Gasteiger partial charge in [0.1, 0.15) is 0 Å². The summed E-state index contributed by atoms with van der Waals surface area (Å²) in [6.07, 6.45) is 7.00. The molecule has 0 saturated carbocycles. The van der Waals surface area contributed by atoms with Crippen molar-refractivity contribution in [1.29, 1.82) is 0 Å². The summed E-state index contributed by atoms with van der Waals surface area (Å²) in [5, 5.41) is 47.6. The van der Waals surface area contributed by atoms with Gasteiger partial charge in [0.2, 0.25) is 0 Å². The van der Waals surface area contributed by atoms with Crippen molar-refractivity contribution in [2.24, 2.45) is 3.72 Å². The summed E-state index contributed by atoms with van der Waals surface area (Å²) in [4.78, 5) is 31.4. The predicted octanol–water partition coefficient (Wildman–Crippen LogP) is 2.71. The topological polar surface area (TPSA) is 224 Å². The van der Waals surface area contributed by atoms with Crippen LogP contribution in [0.15, 0.2) is 83.1 Å². The number of fused-ring (bicyclic) bond motifs is 1. The van der Waals surface area contributed by atoms with Crippen LogP contribution >= 0.6 is 0 Å². The number of aromatic amines is 1. The first-order chi connectivity index (χ1) is 21.3. The normalized spacial score (nSPS) is 10.7. The van der Waals surface area contributed by atoms with Crippen molar-refractivity contribution < 1.29 is 48.7 Å². The van der Waals surface area contributed by atoms with Crippen LogP contribution in [0.25, 0.3) is 33.5 Å². The van der Waals surface area contributed by atoms with Gasteiger partial charge in [0, 0.05) is 31.6 Å². The maximum Gasteiger partial charge on any atom is 0.282 e. The van der Waals surface area contributed by atoms with Gasteiger partial charge in [-0.3, -0.25) is 9.89 Å². The summed E-state index contributed by atoms with van der Waals surface area (Å²) < 4.78 is 5.65. The van der Waals surface area contributed by atoms with Gasteiger partial charge in [-0.15, -0.1) is 0 Å². The smallest absolute Gasteiger partial charge is 0.282 e. The summed E-state index contributed by atoms with van der Waals surface area (Å²) in [5.74, 6) is -0.847. The van der Waals surface area contributed by atoms with E-state index < -0.39 is 37.9 Å². The Morgan fingerprint density at radius 1 is 0.978 bits per heavy atom. The fourth-order valence-electron chi connectivity index (χ4n) is 3.82. The third-order valence-corrected chi connectivity index (χ3v) is 6.52. The van der Waals surface area contributed by atoms with E-state index in [9.17, 15) is 9.59 Å². The number of aromatic nitrogens is 5. The number of carbonyl (C=O) groups is 2. The number of carboxylic acids is 1. The van der Waals surface area contributed by atoms with E-state index in [0.29, 0.717) is 17.1 Å². The molecule has 0 atom stereocenters. The standard InChI is InChI=1S/C22H16N8O.C6H12NO5.CH3.Tc/c23-28-20-7-5-16(11-24-20)22(31)26-17-6-8-21-27-19(13-30(21)12-17)15-3-1-14(2-4-15)18-9-10-25-29-18;8-2-6(3-9,4-10)7-1-5(11)12;;/h1-13H,(H,24,28)(H,25,29)(H,26,31);8-10H,1-4H2,(H,11,12);1H3;/q;2*-1;+2. The molecule has 4 aromatic heterocycles. The first-order valence-electron chi connectivity index (χ1n) is 13.0. The number of anilines is 2. The van der Waals surface area contributed by atoms with E-state index in [2.05, 4.69) is 39.9 Å². The number of carboxylic acid groups (broad SMARTS) is 1. The summed E-state index contributed by atoms with van der Waals surface area (Å²) in [5.41, 5.74) is 7.06. The molecule has 5 aromatic rings. The molecule has 45 heavy (non-hydrogen) atoms. The van der Waals surface area contributed by atoms with E-state index in [-0.39, 0.29) is 13.3 Å². The summed E-state index contributed by atoms with van der Waals surface area (Å²) in [6.45, 7) is -2.27. The van der Waals surface area contributed by atoms with E-state index in [4.69, 9.17) is 20.4 Å². The number of carbonyl (C=O) groups excluding carboxylic acids is 1. The quantitative estimate of drug-likeness (QED) is 0.0745. The van der Waals surface area contributed by atoms with Crippen molar-refractivity contribution in [2.45, 2.75) is 5.54 Å². The second-order valence-electron chi connectivity index (χ2n) is 9.35. The Balaban J connectivity index is 0.000000365. The third kappa shape index (κ3) is 9.15. The molecule has 0 saturated heterocycles. The average Bonchev–Trinajstić information content (AvgIpc) is 3.74. The largest absolute Gasteiger partial charge is 0.642 e. The molecular formula is C29H31N9O6Tc. The van der Waals surface area contributed by atoms with Crippen LogP contribution in [0.4, 0.5) is 11.5 Å². The van der Waals surface area contributed by atoms with Gasteiger partial charge in [-0.2, -0.15) is 5.10 Å². The Labute approximate surface area is 268 Å². The number of aliphatic hydroxyl groups is 3. The van der Waals surface area contributed by atoms with E-state index in [1.165, 1.54) is 6.20 Å². The first-order valence-corrected chi connectivity index (χ1v) is 13.8. The van der Waals surface area contributed by atoms with Crippen molar-refractivity contribution in [3.8, 4) is 22.5 Å². The number of H-pyrrole nitrogens is 1. The Morgan fingerprint density at radius 2 is 1.69 bits per heavy atom. The van der Waals surface area contributed by atoms with E-state index in [1.807, 2.05) is 78.0 Å². The predicted molar refractivity (Wildman–Crippen MR) is 163 cm³/mol. The van der Waals surface area contributed by atoms with Gasteiger partial charge in [-0.25, -0.2) is 4.98 Å². The number of nitrogens with zero attached hydrogens (tertiary/aromatic N) is 6. The van der Waals surface area contributed by atoms with E-state index >= 15 is 0 Å². The number of imidazole rings is 1. The summed E-state index contributed by atoms with van der Waals surface area (Å²) >= 11 is 1.83. The number of benzene rings is 1. The van der Waals surface area contributed by atoms with Crippen LogP contribution in [0.5, 0.6) is 0 Å². The molecule has 0 fully saturated rings. The monoisotopic (exact) mass is 698 g/mol. The van der Waals surface area contributed by atoms with Crippen LogP contribution in [0, 0.1) is 7.43 Å². The molecule has 0 bridgehead atoms. The Kier molecular flexibility index (Phi) is 12.7. The summed E-state index contributed by atoms with van der Waals surface area (Å²) in [6, 6.07) is 17.1. The number of aliphatic carboxylic acids is 1. The number of amides is 1. The van der Waals surface area contributed by atoms with Crippen LogP contribution in [0.1, 0.15) is 10.4 Å². The third-order valence-electron chi connectivity index (χ3n) is 6.32. The number of rotatable bonds is 12. The van der Waals surface area contributed by atoms with Gasteiger partial charge >= 0.3 is 119 Å². The zero-order valence-electron chi connectivity index (χ0n) is 24.0. The van der Waals surface area contributed by atoms with Gasteiger partial charge in [0.15, 0.2) is 0 Å². The van der Waals surface area contributed by atoms with Gasteiger partial charge in [-0.1, -0.05) is 29.8 Å². The molecule has 7 N–H and O–H groups in total. The Hall–Kier alpha value is -4.70. The number of pyridine rings is 2. The fourth-order valence-corrected chi connectivity index (χ4v) is 4.03. The number of hydrogen-bond acceptors (Lipinski definition) is 10. The molecule has 0 aliphatic rings. The number of nitrogens with one attached hydrogen (secondary N) is 3. The molecule has 0 aliphatic carbocycles. The minimum atomic E-state index is -1.43. The van der Waals surface area contributed by atoms with E-state index in [0.717, 1.165) is 28.2 Å². The zero-order chi connectivity index (χ0) is 31.5. The van der Waals surface area contributed by atoms with Crippen LogP contribution in [-0.4, -0.2) is 88.8 Å². The number of hydrogen-bond donors (Lipinski definition) is 7. The van der Waals surface area contributed by atoms with Crippen LogP contribution in [-0.2, 0) is 23.5 Å². The molecular weight excluding hydrogens is 668 g/mol. The van der Waals surface area contributed by atoms with Crippen molar-refractivity contribution in [2.75, 3.05) is 37.1 Å². The molecule has 1 amide bonds. The molecule has 235 valence electrons. The van der Waals surface area contributed by atoms with Crippen LogP contribution < -0.4 is 10.7 Å². The SMILES string of the molecule is O=C(Nc1ccc2nc(-c3ccc(-c4ccn[nH]4)cc3)cn2c1)c1ccc(N[N]=[Tc+2])nc1.O=C(O)C[N-]C(CO)(CO)CO.[CH3-]. The molecule has 0 unspecified atom stereocenters. The number of aliphatic hydroxyl groups excluding tert-OH is 3. The average molecular weight is 700 g/mol. The van der Waals surface area contributed by atoms with Gasteiger partial charge < -0.3 is 33.2 Å². The first kappa shape index (κ1) is 34.8. The van der Waals surface area contributed by atoms with E-state index in [1.54, 1.807) is 18.3 Å². The Bertz CT molecular complexity index is 1680. The van der Waals surface area contributed by atoms with Crippen LogP contribution in [0.2, 0.25) is 0 Å². The second-order valence-corrected chi connectivity index (χ2v) is 9.76. The maximum absolute atomic E-state index is 12.5. The van der Waals surface area contributed by atoms with Gasteiger partial charge in [0.05, 0.1) is 11.4 Å². The molecule has 4 heterocycles. The van der Waals surface area contributed by atoms with Gasteiger partial charge in [-0.05, 0) is 18.2 Å². The van der Waals surface area contributed by atoms with Crippen molar-refractivity contribution in [3.63, 3.8) is 0 Å². The molecule has 16 heteroatoms. The van der Waals surface area contributed by atoms with Crippen molar-refractivity contribution in [1.82, 2.24) is 24.6 Å². The molecule has 0 radical (unpaired) electrons. The Morgan fingerprint density at radius 3 is 2.27 bits per heavy atom. The summed E-state index contributed by atoms with van der Waals surface area (Å²) in [7, 11) is 0. The van der Waals surface area contributed by atoms with Crippen molar-refractivity contribution in [3.05, 3.63) is 97.7 Å². The minimum absolute atomic E-state index is 0. The molecule has 5 rings (SSSR count). The van der Waals surface area contributed by atoms with Gasteiger partial charge in [0.25, 0.3) is 5.97 Å². The molecule has 0 aliphatic heterocycles. The maximum atomic E-state index is 12.5. The molecule has 15 nitrogen and oxygen atoms in total. The fraction of sp³-hybridized carbons (Fsp3) is 0.172.